The number of carbonyl (C=O) groups is 1. The Morgan fingerprint density at radius 1 is 1.33 bits per heavy atom. The van der Waals surface area contributed by atoms with Crippen molar-refractivity contribution in [3.63, 3.8) is 0 Å². The molecule has 1 heterocycles. The lowest BCUT2D eigenvalue weighted by molar-refractivity contribution is 0.0683. The zero-order chi connectivity index (χ0) is 15.4. The minimum absolute atomic E-state index is 0.0813. The van der Waals surface area contributed by atoms with Crippen molar-refractivity contribution >= 4 is 5.91 Å². The van der Waals surface area contributed by atoms with Crippen LogP contribution in [0, 0.1) is 6.92 Å². The van der Waals surface area contributed by atoms with Crippen LogP contribution >= 0.6 is 0 Å². The molecule has 1 aromatic heterocycles. The smallest absolute Gasteiger partial charge is 0.255 e. The summed E-state index contributed by atoms with van der Waals surface area (Å²) in [6.45, 7) is 3.88. The molecule has 5 heteroatoms. The van der Waals surface area contributed by atoms with Gasteiger partial charge in [-0.3, -0.25) is 4.79 Å². The van der Waals surface area contributed by atoms with E-state index in [0.717, 1.165) is 43.5 Å². The average molecular weight is 290 g/mol. The summed E-state index contributed by atoms with van der Waals surface area (Å²) in [6.07, 6.45) is 5.12. The monoisotopic (exact) mass is 290 g/mol. The van der Waals surface area contributed by atoms with Gasteiger partial charge in [0.05, 0.1) is 17.0 Å². The Bertz CT molecular complexity index is 495. The van der Waals surface area contributed by atoms with E-state index in [4.69, 9.17) is 0 Å². The molecule has 0 aromatic carbocycles. The fourth-order valence-corrected chi connectivity index (χ4v) is 3.07. The van der Waals surface area contributed by atoms with Crippen molar-refractivity contribution in [2.75, 3.05) is 14.1 Å². The summed E-state index contributed by atoms with van der Waals surface area (Å²) in [5.74, 6) is 0.0813. The van der Waals surface area contributed by atoms with Crippen LogP contribution in [0.5, 0.6) is 0 Å². The number of aromatic nitrogens is 2. The first-order chi connectivity index (χ1) is 10.1. The predicted octanol–water partition coefficient (Wildman–Crippen LogP) is 1.95. The number of hydrogen-bond acceptors (Lipinski definition) is 4. The molecular formula is C16H26N4O. The van der Waals surface area contributed by atoms with Crippen LogP contribution in [0.2, 0.25) is 0 Å². The SMILES string of the molecule is CCc1nnc(C)cc1C(=O)N(C)C1CCC(NC)CC1. The van der Waals surface area contributed by atoms with E-state index < -0.39 is 0 Å². The molecule has 2 rings (SSSR count). The van der Waals surface area contributed by atoms with Gasteiger partial charge in [-0.05, 0) is 52.1 Å². The molecule has 116 valence electrons. The van der Waals surface area contributed by atoms with E-state index in [0.29, 0.717) is 17.6 Å². The van der Waals surface area contributed by atoms with Crippen LogP contribution in [-0.4, -0.2) is 47.2 Å². The number of nitrogens with zero attached hydrogens (tertiary/aromatic N) is 3. The Morgan fingerprint density at radius 2 is 2.00 bits per heavy atom. The summed E-state index contributed by atoms with van der Waals surface area (Å²) < 4.78 is 0. The normalized spacial score (nSPS) is 22.1. The third kappa shape index (κ3) is 3.59. The van der Waals surface area contributed by atoms with Gasteiger partial charge in [0.2, 0.25) is 0 Å². The molecule has 1 N–H and O–H groups in total. The van der Waals surface area contributed by atoms with Gasteiger partial charge in [-0.1, -0.05) is 6.92 Å². The zero-order valence-corrected chi connectivity index (χ0v) is 13.5. The van der Waals surface area contributed by atoms with Crippen LogP contribution in [0.1, 0.15) is 54.4 Å². The van der Waals surface area contributed by atoms with Crippen LogP contribution < -0.4 is 5.32 Å². The summed E-state index contributed by atoms with van der Waals surface area (Å²) in [5, 5.41) is 11.5. The predicted molar refractivity (Wildman–Crippen MR) is 83.3 cm³/mol. The highest BCUT2D eigenvalue weighted by Crippen LogP contribution is 2.24. The van der Waals surface area contributed by atoms with Gasteiger partial charge in [0, 0.05) is 19.1 Å². The average Bonchev–Trinajstić information content (AvgIpc) is 2.53. The van der Waals surface area contributed by atoms with E-state index in [1.165, 1.54) is 0 Å². The Morgan fingerprint density at radius 3 is 2.57 bits per heavy atom. The summed E-state index contributed by atoms with van der Waals surface area (Å²) in [5.41, 5.74) is 2.30. The second kappa shape index (κ2) is 6.98. The fourth-order valence-electron chi connectivity index (χ4n) is 3.07. The first-order valence-electron chi connectivity index (χ1n) is 7.84. The van der Waals surface area contributed by atoms with Gasteiger partial charge in [0.1, 0.15) is 0 Å². The summed E-state index contributed by atoms with van der Waals surface area (Å²) >= 11 is 0. The van der Waals surface area contributed by atoms with Crippen molar-refractivity contribution < 1.29 is 4.79 Å². The first kappa shape index (κ1) is 15.9. The third-order valence-corrected chi connectivity index (χ3v) is 4.53. The number of carbonyl (C=O) groups excluding carboxylic acids is 1. The molecule has 21 heavy (non-hydrogen) atoms. The van der Waals surface area contributed by atoms with E-state index in [1.54, 1.807) is 0 Å². The van der Waals surface area contributed by atoms with E-state index in [-0.39, 0.29) is 5.91 Å². The largest absolute Gasteiger partial charge is 0.339 e. The minimum atomic E-state index is 0.0813. The number of nitrogens with one attached hydrogen (secondary N) is 1. The molecule has 0 atom stereocenters. The highest BCUT2D eigenvalue weighted by atomic mass is 16.2. The highest BCUT2D eigenvalue weighted by Gasteiger charge is 2.27. The minimum Gasteiger partial charge on any atom is -0.339 e. The Kier molecular flexibility index (Phi) is 5.28. The zero-order valence-electron chi connectivity index (χ0n) is 13.5. The maximum absolute atomic E-state index is 12.8. The van der Waals surface area contributed by atoms with E-state index in [2.05, 4.69) is 15.5 Å². The molecule has 1 saturated carbocycles. The van der Waals surface area contributed by atoms with E-state index in [1.807, 2.05) is 38.9 Å². The highest BCUT2D eigenvalue weighted by molar-refractivity contribution is 5.95. The summed E-state index contributed by atoms with van der Waals surface area (Å²) in [6, 6.07) is 2.80. The second-order valence-corrected chi connectivity index (χ2v) is 5.91. The third-order valence-electron chi connectivity index (χ3n) is 4.53. The van der Waals surface area contributed by atoms with Gasteiger partial charge in [-0.25, -0.2) is 0 Å². The molecule has 0 bridgehead atoms. The lowest BCUT2D eigenvalue weighted by atomic mass is 9.90. The maximum Gasteiger partial charge on any atom is 0.255 e. The van der Waals surface area contributed by atoms with Gasteiger partial charge < -0.3 is 10.2 Å². The first-order valence-corrected chi connectivity index (χ1v) is 7.84. The number of aryl methyl sites for hydroxylation is 2. The van der Waals surface area contributed by atoms with Crippen LogP contribution in [-0.2, 0) is 6.42 Å². The summed E-state index contributed by atoms with van der Waals surface area (Å²) in [7, 11) is 3.93. The van der Waals surface area contributed by atoms with Gasteiger partial charge in [-0.2, -0.15) is 10.2 Å². The van der Waals surface area contributed by atoms with Crippen LogP contribution in [0.4, 0.5) is 0 Å². The molecule has 0 saturated heterocycles. The lowest BCUT2D eigenvalue weighted by Gasteiger charge is -2.34. The van der Waals surface area contributed by atoms with E-state index in [9.17, 15) is 4.79 Å². The molecule has 0 radical (unpaired) electrons. The van der Waals surface area contributed by atoms with Gasteiger partial charge in [-0.15, -0.1) is 0 Å². The Balaban J connectivity index is 2.11. The standard InChI is InChI=1S/C16H26N4O/c1-5-15-14(10-11(2)18-19-15)16(21)20(4)13-8-6-12(17-3)7-9-13/h10,12-13,17H,5-9H2,1-4H3. The molecule has 1 aliphatic carbocycles. The molecule has 1 aromatic rings. The molecule has 0 aliphatic heterocycles. The van der Waals surface area contributed by atoms with Gasteiger partial charge in [0.25, 0.3) is 5.91 Å². The molecule has 1 amide bonds. The molecule has 0 unspecified atom stereocenters. The van der Waals surface area contributed by atoms with Crippen molar-refractivity contribution in [3.05, 3.63) is 23.0 Å². The Hall–Kier alpha value is -1.49. The lowest BCUT2D eigenvalue weighted by Crippen LogP contribution is -2.42. The number of hydrogen-bond donors (Lipinski definition) is 1. The van der Waals surface area contributed by atoms with Crippen molar-refractivity contribution in [2.45, 2.75) is 58.0 Å². The van der Waals surface area contributed by atoms with Crippen molar-refractivity contribution in [1.82, 2.24) is 20.4 Å². The quantitative estimate of drug-likeness (QED) is 0.921. The van der Waals surface area contributed by atoms with Crippen LogP contribution in [0.3, 0.4) is 0 Å². The summed E-state index contributed by atoms with van der Waals surface area (Å²) in [4.78, 5) is 14.7. The van der Waals surface area contributed by atoms with Crippen molar-refractivity contribution in [2.24, 2.45) is 0 Å². The molecule has 1 fully saturated rings. The van der Waals surface area contributed by atoms with Crippen molar-refractivity contribution in [1.29, 1.82) is 0 Å². The molecular weight excluding hydrogens is 264 g/mol. The number of amides is 1. The van der Waals surface area contributed by atoms with Crippen LogP contribution in [0.25, 0.3) is 0 Å². The second-order valence-electron chi connectivity index (χ2n) is 5.91. The number of rotatable bonds is 4. The molecule has 0 spiro atoms. The van der Waals surface area contributed by atoms with Crippen LogP contribution in [0.15, 0.2) is 6.07 Å². The molecule has 1 aliphatic rings. The fraction of sp³-hybridized carbons (Fsp3) is 0.688. The Labute approximate surface area is 127 Å². The molecule has 5 nitrogen and oxygen atoms in total. The van der Waals surface area contributed by atoms with Crippen molar-refractivity contribution in [3.8, 4) is 0 Å². The van der Waals surface area contributed by atoms with Gasteiger partial charge in [0.15, 0.2) is 0 Å². The topological polar surface area (TPSA) is 58.1 Å². The maximum atomic E-state index is 12.8. The van der Waals surface area contributed by atoms with Gasteiger partial charge >= 0.3 is 0 Å². The van der Waals surface area contributed by atoms with E-state index >= 15 is 0 Å².